The van der Waals surface area contributed by atoms with Crippen LogP contribution in [-0.2, 0) is 6.42 Å². The zero-order valence-corrected chi connectivity index (χ0v) is 11.4. The molecule has 21 heavy (non-hydrogen) atoms. The molecule has 1 heterocycles. The first-order valence-corrected chi connectivity index (χ1v) is 6.35. The number of carbonyl (C=O) groups is 1. The molecule has 0 fully saturated rings. The number of nitrogens with one attached hydrogen (secondary N) is 1. The summed E-state index contributed by atoms with van der Waals surface area (Å²) in [5, 5.41) is 13.7. The third-order valence-electron chi connectivity index (χ3n) is 2.96. The molecule has 3 N–H and O–H groups in total. The maximum absolute atomic E-state index is 12.2. The Morgan fingerprint density at radius 1 is 1.43 bits per heavy atom. The van der Waals surface area contributed by atoms with Crippen molar-refractivity contribution in [3.05, 3.63) is 58.0 Å². The number of anilines is 1. The van der Waals surface area contributed by atoms with Crippen molar-refractivity contribution in [1.29, 1.82) is 0 Å². The van der Waals surface area contributed by atoms with Crippen molar-refractivity contribution in [2.75, 3.05) is 5.73 Å². The first-order chi connectivity index (χ1) is 9.99. The van der Waals surface area contributed by atoms with Crippen LogP contribution < -0.4 is 11.1 Å². The second-order valence-corrected chi connectivity index (χ2v) is 4.66. The Morgan fingerprint density at radius 2 is 2.19 bits per heavy atom. The Balaban J connectivity index is 2.13. The number of para-hydroxylation sites is 1. The zero-order valence-electron chi connectivity index (χ0n) is 11.4. The molecule has 1 aromatic carbocycles. The normalized spacial score (nSPS) is 11.9. The number of nitrogen functional groups attached to an aromatic ring is 1. The SMILES string of the molecule is CC(Cc1ccco1)NC(=O)c1cccc(N)c1[N+](=O)[O-]. The van der Waals surface area contributed by atoms with Crippen molar-refractivity contribution < 1.29 is 14.1 Å². The third-order valence-corrected chi connectivity index (χ3v) is 2.96. The van der Waals surface area contributed by atoms with Gasteiger partial charge < -0.3 is 15.5 Å². The molecule has 0 radical (unpaired) electrons. The fraction of sp³-hybridized carbons (Fsp3) is 0.214. The van der Waals surface area contributed by atoms with E-state index in [4.69, 9.17) is 10.2 Å². The van der Waals surface area contributed by atoms with Crippen LogP contribution in [0.2, 0.25) is 0 Å². The molecule has 0 aliphatic rings. The maximum atomic E-state index is 12.2. The number of hydrogen-bond acceptors (Lipinski definition) is 5. The van der Waals surface area contributed by atoms with Crippen LogP contribution in [0, 0.1) is 10.1 Å². The van der Waals surface area contributed by atoms with E-state index in [1.165, 1.54) is 18.2 Å². The number of furan rings is 1. The average Bonchev–Trinajstić information content (AvgIpc) is 2.90. The fourth-order valence-electron chi connectivity index (χ4n) is 2.03. The Labute approximate surface area is 120 Å². The Morgan fingerprint density at radius 3 is 2.81 bits per heavy atom. The van der Waals surface area contributed by atoms with Crippen LogP contribution in [-0.4, -0.2) is 16.9 Å². The Bertz CT molecular complexity index is 652. The lowest BCUT2D eigenvalue weighted by Crippen LogP contribution is -2.34. The molecule has 2 aromatic rings. The number of nitro benzene ring substituents is 1. The molecule has 1 amide bonds. The van der Waals surface area contributed by atoms with Crippen LogP contribution in [0.5, 0.6) is 0 Å². The van der Waals surface area contributed by atoms with E-state index in [-0.39, 0.29) is 23.0 Å². The van der Waals surface area contributed by atoms with E-state index in [2.05, 4.69) is 5.32 Å². The fourth-order valence-corrected chi connectivity index (χ4v) is 2.03. The van der Waals surface area contributed by atoms with Crippen molar-refractivity contribution in [3.8, 4) is 0 Å². The molecular weight excluding hydrogens is 274 g/mol. The molecule has 2 rings (SSSR count). The standard InChI is InChI=1S/C14H15N3O4/c1-9(8-10-4-3-7-21-10)16-14(18)11-5-2-6-12(15)13(11)17(19)20/h2-7,9H,8,15H2,1H3,(H,16,18). The first kappa shape index (κ1) is 14.6. The summed E-state index contributed by atoms with van der Waals surface area (Å²) in [4.78, 5) is 22.5. The molecule has 0 spiro atoms. The summed E-state index contributed by atoms with van der Waals surface area (Å²) in [7, 11) is 0. The van der Waals surface area contributed by atoms with E-state index < -0.39 is 10.8 Å². The van der Waals surface area contributed by atoms with Crippen LogP contribution in [0.25, 0.3) is 0 Å². The highest BCUT2D eigenvalue weighted by Gasteiger charge is 2.24. The van der Waals surface area contributed by atoms with E-state index in [1.807, 2.05) is 0 Å². The summed E-state index contributed by atoms with van der Waals surface area (Å²) in [5.41, 5.74) is 5.10. The summed E-state index contributed by atoms with van der Waals surface area (Å²) >= 11 is 0. The number of carbonyl (C=O) groups excluding carboxylic acids is 1. The Hall–Kier alpha value is -2.83. The third kappa shape index (κ3) is 3.38. The summed E-state index contributed by atoms with van der Waals surface area (Å²) < 4.78 is 5.19. The lowest BCUT2D eigenvalue weighted by atomic mass is 10.1. The zero-order chi connectivity index (χ0) is 15.4. The quantitative estimate of drug-likeness (QED) is 0.497. The molecule has 7 heteroatoms. The second kappa shape index (κ2) is 6.08. The molecule has 1 aromatic heterocycles. The lowest BCUT2D eigenvalue weighted by Gasteiger charge is -2.13. The smallest absolute Gasteiger partial charge is 0.304 e. The number of nitrogens with zero attached hydrogens (tertiary/aromatic N) is 1. The summed E-state index contributed by atoms with van der Waals surface area (Å²) in [6.45, 7) is 1.79. The van der Waals surface area contributed by atoms with Gasteiger partial charge in [-0.25, -0.2) is 0 Å². The monoisotopic (exact) mass is 289 g/mol. The number of benzene rings is 1. The molecule has 1 unspecified atom stereocenters. The number of nitrogens with two attached hydrogens (primary N) is 1. The minimum atomic E-state index is -0.651. The predicted molar refractivity (Wildman–Crippen MR) is 76.8 cm³/mol. The van der Waals surface area contributed by atoms with Crippen molar-refractivity contribution in [2.24, 2.45) is 0 Å². The molecule has 0 aliphatic heterocycles. The molecule has 110 valence electrons. The van der Waals surface area contributed by atoms with Crippen LogP contribution >= 0.6 is 0 Å². The first-order valence-electron chi connectivity index (χ1n) is 6.35. The topological polar surface area (TPSA) is 111 Å². The van der Waals surface area contributed by atoms with Gasteiger partial charge in [0.25, 0.3) is 5.91 Å². The van der Waals surface area contributed by atoms with E-state index in [0.717, 1.165) is 5.76 Å². The number of hydrogen-bond donors (Lipinski definition) is 2. The highest BCUT2D eigenvalue weighted by atomic mass is 16.6. The average molecular weight is 289 g/mol. The van der Waals surface area contributed by atoms with Gasteiger partial charge in [0.1, 0.15) is 17.0 Å². The van der Waals surface area contributed by atoms with Gasteiger partial charge >= 0.3 is 5.69 Å². The van der Waals surface area contributed by atoms with E-state index in [0.29, 0.717) is 6.42 Å². The van der Waals surface area contributed by atoms with Crippen molar-refractivity contribution in [2.45, 2.75) is 19.4 Å². The molecule has 1 atom stereocenters. The largest absolute Gasteiger partial charge is 0.469 e. The van der Waals surface area contributed by atoms with Gasteiger partial charge in [-0.05, 0) is 31.2 Å². The van der Waals surface area contributed by atoms with Crippen molar-refractivity contribution in [3.63, 3.8) is 0 Å². The van der Waals surface area contributed by atoms with Crippen LogP contribution in [0.15, 0.2) is 41.0 Å². The second-order valence-electron chi connectivity index (χ2n) is 4.66. The molecular formula is C14H15N3O4. The van der Waals surface area contributed by atoms with Crippen LogP contribution in [0.4, 0.5) is 11.4 Å². The number of amides is 1. The predicted octanol–water partition coefficient (Wildman–Crippen LogP) is 2.13. The summed E-state index contributed by atoms with van der Waals surface area (Å²) in [5.74, 6) is 0.193. The molecule has 0 aliphatic carbocycles. The van der Waals surface area contributed by atoms with Gasteiger partial charge in [-0.3, -0.25) is 14.9 Å². The van der Waals surface area contributed by atoms with E-state index in [9.17, 15) is 14.9 Å². The minimum Gasteiger partial charge on any atom is -0.469 e. The van der Waals surface area contributed by atoms with E-state index in [1.54, 1.807) is 25.3 Å². The highest BCUT2D eigenvalue weighted by molar-refractivity contribution is 6.00. The van der Waals surface area contributed by atoms with Gasteiger partial charge in [0, 0.05) is 12.5 Å². The van der Waals surface area contributed by atoms with Gasteiger partial charge in [-0.1, -0.05) is 6.07 Å². The molecule has 0 saturated heterocycles. The lowest BCUT2D eigenvalue weighted by molar-refractivity contribution is -0.384. The van der Waals surface area contributed by atoms with Crippen molar-refractivity contribution >= 4 is 17.3 Å². The van der Waals surface area contributed by atoms with Crippen molar-refractivity contribution in [1.82, 2.24) is 5.32 Å². The molecule has 0 saturated carbocycles. The molecule has 7 nitrogen and oxygen atoms in total. The van der Waals surface area contributed by atoms with Gasteiger partial charge in [-0.2, -0.15) is 0 Å². The maximum Gasteiger partial charge on any atom is 0.304 e. The van der Waals surface area contributed by atoms with Crippen LogP contribution in [0.3, 0.4) is 0 Å². The highest BCUT2D eigenvalue weighted by Crippen LogP contribution is 2.25. The van der Waals surface area contributed by atoms with Gasteiger partial charge in [0.05, 0.1) is 11.2 Å². The van der Waals surface area contributed by atoms with Gasteiger partial charge in [0.2, 0.25) is 0 Å². The number of rotatable bonds is 5. The van der Waals surface area contributed by atoms with Crippen LogP contribution in [0.1, 0.15) is 23.0 Å². The molecule has 0 bridgehead atoms. The summed E-state index contributed by atoms with van der Waals surface area (Å²) in [6.07, 6.45) is 2.04. The Kier molecular flexibility index (Phi) is 4.22. The minimum absolute atomic E-state index is 0.0358. The summed E-state index contributed by atoms with van der Waals surface area (Å²) in [6, 6.07) is 7.60. The van der Waals surface area contributed by atoms with Gasteiger partial charge in [-0.15, -0.1) is 0 Å². The van der Waals surface area contributed by atoms with E-state index >= 15 is 0 Å². The van der Waals surface area contributed by atoms with Gasteiger partial charge in [0.15, 0.2) is 0 Å². The number of nitro groups is 1.